The van der Waals surface area contributed by atoms with Crippen LogP contribution in [0.5, 0.6) is 5.75 Å². The number of fused-ring (bicyclic) bond motifs is 1. The van der Waals surface area contributed by atoms with Crippen LogP contribution in [0.15, 0.2) is 24.3 Å². The lowest BCUT2D eigenvalue weighted by Gasteiger charge is -2.24. The minimum Gasteiger partial charge on any atom is -0.491 e. The zero-order chi connectivity index (χ0) is 18.7. The highest BCUT2D eigenvalue weighted by atomic mass is 16.5. The first-order chi connectivity index (χ1) is 12.4. The second-order valence-corrected chi connectivity index (χ2v) is 7.47. The number of rotatable bonds is 5. The van der Waals surface area contributed by atoms with Gasteiger partial charge in [0.15, 0.2) is 5.82 Å². The van der Waals surface area contributed by atoms with E-state index in [1.807, 2.05) is 22.8 Å². The smallest absolute Gasteiger partial charge is 0.291 e. The van der Waals surface area contributed by atoms with E-state index in [0.717, 1.165) is 11.3 Å². The minimum atomic E-state index is -0.154. The average Bonchev–Trinajstić information content (AvgIpc) is 3.04. The third-order valence-electron chi connectivity index (χ3n) is 4.44. The predicted molar refractivity (Wildman–Crippen MR) is 97.3 cm³/mol. The van der Waals surface area contributed by atoms with Gasteiger partial charge in [-0.2, -0.15) is 0 Å². The molecule has 1 aromatic carbocycles. The number of para-hydroxylation sites is 1. The molecule has 2 aromatic rings. The number of benzene rings is 1. The molecular weight excluding hydrogens is 332 g/mol. The molecule has 1 aromatic heterocycles. The van der Waals surface area contributed by atoms with Gasteiger partial charge in [-0.1, -0.05) is 39.0 Å². The first-order valence-electron chi connectivity index (χ1n) is 8.85. The molecule has 0 atom stereocenters. The Morgan fingerprint density at radius 3 is 2.85 bits per heavy atom. The quantitative estimate of drug-likeness (QED) is 0.820. The lowest BCUT2D eigenvalue weighted by atomic mass is 9.86. The molecule has 0 unspecified atom stereocenters. The summed E-state index contributed by atoms with van der Waals surface area (Å²) in [6, 6.07) is 8.03. The van der Waals surface area contributed by atoms with E-state index < -0.39 is 0 Å². The van der Waals surface area contributed by atoms with Crippen molar-refractivity contribution >= 4 is 5.91 Å². The molecule has 0 fully saturated rings. The second-order valence-electron chi connectivity index (χ2n) is 7.47. The van der Waals surface area contributed by atoms with Crippen molar-refractivity contribution in [3.8, 4) is 5.75 Å². The lowest BCUT2D eigenvalue weighted by molar-refractivity contribution is 0.0698. The predicted octanol–water partition coefficient (Wildman–Crippen LogP) is 2.26. The van der Waals surface area contributed by atoms with Crippen LogP contribution in [0.2, 0.25) is 0 Å². The van der Waals surface area contributed by atoms with Crippen molar-refractivity contribution in [3.63, 3.8) is 0 Å². The Kier molecular flexibility index (Phi) is 5.27. The molecule has 1 amide bonds. The number of amides is 1. The first kappa shape index (κ1) is 18.4. The maximum absolute atomic E-state index is 12.7. The van der Waals surface area contributed by atoms with E-state index in [1.54, 1.807) is 11.9 Å². The normalized spacial score (nSPS) is 14.0. The van der Waals surface area contributed by atoms with Crippen LogP contribution < -0.4 is 4.74 Å². The van der Waals surface area contributed by atoms with Crippen molar-refractivity contribution in [1.29, 1.82) is 0 Å². The number of hydrogen-bond donors (Lipinski definition) is 0. The molecule has 1 aliphatic heterocycles. The van der Waals surface area contributed by atoms with Crippen molar-refractivity contribution in [2.75, 3.05) is 26.8 Å². The average molecular weight is 358 g/mol. The van der Waals surface area contributed by atoms with Gasteiger partial charge in [-0.05, 0) is 17.0 Å². The van der Waals surface area contributed by atoms with Gasteiger partial charge in [0.05, 0.1) is 13.2 Å². The Morgan fingerprint density at radius 2 is 2.08 bits per heavy atom. The van der Waals surface area contributed by atoms with Crippen LogP contribution in [-0.2, 0) is 23.3 Å². The monoisotopic (exact) mass is 358 g/mol. The first-order valence-corrected chi connectivity index (χ1v) is 8.85. The SMILES string of the molecule is CN(CCOc1ccccc1C(C)(C)C)C(=O)c1nnc2n1CCOC2. The van der Waals surface area contributed by atoms with Gasteiger partial charge >= 0.3 is 0 Å². The van der Waals surface area contributed by atoms with E-state index >= 15 is 0 Å². The van der Waals surface area contributed by atoms with Gasteiger partial charge in [0.2, 0.25) is 5.82 Å². The lowest BCUT2D eigenvalue weighted by Crippen LogP contribution is -2.34. The maximum Gasteiger partial charge on any atom is 0.291 e. The summed E-state index contributed by atoms with van der Waals surface area (Å²) < 4.78 is 13.1. The van der Waals surface area contributed by atoms with E-state index in [2.05, 4.69) is 37.0 Å². The van der Waals surface area contributed by atoms with Crippen molar-refractivity contribution in [2.24, 2.45) is 0 Å². The Hall–Kier alpha value is -2.41. The van der Waals surface area contributed by atoms with Gasteiger partial charge in [-0.3, -0.25) is 4.79 Å². The molecule has 140 valence electrons. The Bertz CT molecular complexity index is 779. The minimum absolute atomic E-state index is 0.000959. The second kappa shape index (κ2) is 7.45. The van der Waals surface area contributed by atoms with Gasteiger partial charge in [0.25, 0.3) is 5.91 Å². The topological polar surface area (TPSA) is 69.5 Å². The number of carbonyl (C=O) groups excluding carboxylic acids is 1. The molecule has 7 nitrogen and oxygen atoms in total. The molecule has 0 bridgehead atoms. The largest absolute Gasteiger partial charge is 0.491 e. The summed E-state index contributed by atoms with van der Waals surface area (Å²) in [5, 5.41) is 8.07. The third kappa shape index (κ3) is 3.88. The zero-order valence-electron chi connectivity index (χ0n) is 15.9. The Balaban J connectivity index is 1.61. The molecule has 3 rings (SSSR count). The number of nitrogens with zero attached hydrogens (tertiary/aromatic N) is 4. The van der Waals surface area contributed by atoms with E-state index in [0.29, 0.717) is 44.6 Å². The Labute approximate surface area is 153 Å². The van der Waals surface area contributed by atoms with E-state index in [4.69, 9.17) is 9.47 Å². The summed E-state index contributed by atoms with van der Waals surface area (Å²) in [6.45, 7) is 8.93. The molecule has 2 heterocycles. The number of hydrogen-bond acceptors (Lipinski definition) is 5. The summed E-state index contributed by atoms with van der Waals surface area (Å²) in [6.07, 6.45) is 0. The van der Waals surface area contributed by atoms with E-state index in [-0.39, 0.29) is 11.3 Å². The summed E-state index contributed by atoms with van der Waals surface area (Å²) in [5.74, 6) is 1.76. The number of carbonyl (C=O) groups is 1. The van der Waals surface area contributed by atoms with Crippen LogP contribution in [0, 0.1) is 0 Å². The maximum atomic E-state index is 12.7. The summed E-state index contributed by atoms with van der Waals surface area (Å²) in [7, 11) is 1.75. The fourth-order valence-electron chi connectivity index (χ4n) is 2.93. The van der Waals surface area contributed by atoms with E-state index in [9.17, 15) is 4.79 Å². The summed E-state index contributed by atoms with van der Waals surface area (Å²) in [4.78, 5) is 14.3. The molecule has 0 spiro atoms. The molecule has 1 aliphatic rings. The van der Waals surface area contributed by atoms with Crippen molar-refractivity contribution in [1.82, 2.24) is 19.7 Å². The Morgan fingerprint density at radius 1 is 1.31 bits per heavy atom. The molecule has 7 heteroatoms. The molecule has 0 saturated heterocycles. The zero-order valence-corrected chi connectivity index (χ0v) is 15.9. The van der Waals surface area contributed by atoms with Crippen LogP contribution in [0.4, 0.5) is 0 Å². The van der Waals surface area contributed by atoms with Crippen LogP contribution in [0.1, 0.15) is 42.8 Å². The van der Waals surface area contributed by atoms with Gasteiger partial charge in [0, 0.05) is 13.6 Å². The van der Waals surface area contributed by atoms with Gasteiger partial charge in [0.1, 0.15) is 19.0 Å². The molecular formula is C19H26N4O3. The standard InChI is InChI=1S/C19H26N4O3/c1-19(2,3)14-7-5-6-8-15(14)26-12-9-22(4)18(24)17-21-20-16-13-25-11-10-23(16)17/h5-8H,9-13H2,1-4H3. The van der Waals surface area contributed by atoms with Crippen molar-refractivity contribution < 1.29 is 14.3 Å². The van der Waals surface area contributed by atoms with Gasteiger partial charge < -0.3 is 18.9 Å². The fourth-order valence-corrected chi connectivity index (χ4v) is 2.93. The van der Waals surface area contributed by atoms with Crippen LogP contribution in [0.25, 0.3) is 0 Å². The molecule has 0 radical (unpaired) electrons. The number of ether oxygens (including phenoxy) is 2. The van der Waals surface area contributed by atoms with Crippen molar-refractivity contribution in [3.05, 3.63) is 41.5 Å². The summed E-state index contributed by atoms with van der Waals surface area (Å²) in [5.41, 5.74) is 1.15. The summed E-state index contributed by atoms with van der Waals surface area (Å²) >= 11 is 0. The van der Waals surface area contributed by atoms with E-state index in [1.165, 1.54) is 0 Å². The van der Waals surface area contributed by atoms with Crippen LogP contribution in [0.3, 0.4) is 0 Å². The third-order valence-corrected chi connectivity index (χ3v) is 4.44. The molecule has 26 heavy (non-hydrogen) atoms. The molecule has 0 saturated carbocycles. The molecule has 0 N–H and O–H groups in total. The molecule has 0 aliphatic carbocycles. The van der Waals surface area contributed by atoms with Crippen LogP contribution >= 0.6 is 0 Å². The highest BCUT2D eigenvalue weighted by Crippen LogP contribution is 2.30. The highest BCUT2D eigenvalue weighted by molar-refractivity contribution is 5.90. The number of aromatic nitrogens is 3. The fraction of sp³-hybridized carbons (Fsp3) is 0.526. The van der Waals surface area contributed by atoms with Crippen molar-refractivity contribution in [2.45, 2.75) is 39.3 Å². The highest BCUT2D eigenvalue weighted by Gasteiger charge is 2.24. The van der Waals surface area contributed by atoms with Gasteiger partial charge in [-0.25, -0.2) is 0 Å². The van der Waals surface area contributed by atoms with Crippen LogP contribution in [-0.4, -0.2) is 52.4 Å². The number of likely N-dealkylation sites (N-methyl/N-ethyl adjacent to an activating group) is 1. The van der Waals surface area contributed by atoms with Gasteiger partial charge in [-0.15, -0.1) is 10.2 Å².